The molecule has 1 aliphatic heterocycles. The average Bonchev–Trinajstić information content (AvgIpc) is 2.90. The van der Waals surface area contributed by atoms with Crippen LogP contribution >= 0.6 is 31.9 Å². The number of carbonyl (C=O) groups is 1. The Hall–Kier alpha value is -0.390. The minimum Gasteiger partial charge on any atom is -0.488 e. The van der Waals surface area contributed by atoms with Gasteiger partial charge in [0.25, 0.3) is 0 Å². The predicted molar refractivity (Wildman–Crippen MR) is 88.0 cm³/mol. The fourth-order valence-electron chi connectivity index (χ4n) is 3.38. The van der Waals surface area contributed by atoms with Crippen LogP contribution in [0.4, 0.5) is 0 Å². The van der Waals surface area contributed by atoms with E-state index in [-0.39, 0.29) is 11.7 Å². The smallest absolute Gasteiger partial charge is 0.150 e. The molecule has 1 unspecified atom stereocenters. The largest absolute Gasteiger partial charge is 0.488 e. The molecule has 114 valence electrons. The van der Waals surface area contributed by atoms with Crippen molar-refractivity contribution in [2.24, 2.45) is 0 Å². The minimum absolute atomic E-state index is 0.0462. The van der Waals surface area contributed by atoms with Crippen LogP contribution in [0.2, 0.25) is 0 Å². The SMILES string of the molecule is O=Cc1cc(Br)c(OC2CCOC3(CCCC3)C2)c(Br)c1. The molecule has 0 bridgehead atoms. The highest BCUT2D eigenvalue weighted by atomic mass is 79.9. The zero-order valence-electron chi connectivity index (χ0n) is 11.7. The molecule has 1 heterocycles. The molecule has 3 nitrogen and oxygen atoms in total. The number of benzene rings is 1. The van der Waals surface area contributed by atoms with Crippen molar-refractivity contribution in [3.8, 4) is 5.75 Å². The van der Waals surface area contributed by atoms with Crippen LogP contribution in [-0.2, 0) is 4.74 Å². The van der Waals surface area contributed by atoms with Crippen LogP contribution in [0.15, 0.2) is 21.1 Å². The summed E-state index contributed by atoms with van der Waals surface area (Å²) in [6, 6.07) is 3.58. The van der Waals surface area contributed by atoms with Gasteiger partial charge < -0.3 is 9.47 Å². The van der Waals surface area contributed by atoms with Gasteiger partial charge in [0.2, 0.25) is 0 Å². The summed E-state index contributed by atoms with van der Waals surface area (Å²) in [6.45, 7) is 0.770. The van der Waals surface area contributed by atoms with E-state index in [0.29, 0.717) is 5.56 Å². The first-order chi connectivity index (χ1) is 10.1. The van der Waals surface area contributed by atoms with E-state index in [1.807, 2.05) is 0 Å². The number of halogens is 2. The molecule has 0 N–H and O–H groups in total. The summed E-state index contributed by atoms with van der Waals surface area (Å²) in [7, 11) is 0. The molecular weight excluding hydrogens is 400 g/mol. The summed E-state index contributed by atoms with van der Waals surface area (Å²) in [4.78, 5) is 10.9. The van der Waals surface area contributed by atoms with Crippen molar-refractivity contribution in [2.75, 3.05) is 6.61 Å². The Bertz CT molecular complexity index is 515. The molecule has 5 heteroatoms. The van der Waals surface area contributed by atoms with Gasteiger partial charge in [-0.05, 0) is 56.8 Å². The Kier molecular flexibility index (Phi) is 4.71. The number of ether oxygens (including phenoxy) is 2. The van der Waals surface area contributed by atoms with Gasteiger partial charge in [0.05, 0.1) is 21.2 Å². The van der Waals surface area contributed by atoms with E-state index in [2.05, 4.69) is 31.9 Å². The second kappa shape index (κ2) is 6.39. The first-order valence-electron chi connectivity index (χ1n) is 7.37. The summed E-state index contributed by atoms with van der Waals surface area (Å²) in [5, 5.41) is 0. The number of aldehydes is 1. The molecule has 1 atom stereocenters. The van der Waals surface area contributed by atoms with E-state index in [0.717, 1.165) is 53.3 Å². The molecule has 1 aliphatic carbocycles. The maximum atomic E-state index is 10.9. The van der Waals surface area contributed by atoms with Crippen LogP contribution in [0.3, 0.4) is 0 Å². The van der Waals surface area contributed by atoms with Gasteiger partial charge in [0.1, 0.15) is 18.1 Å². The van der Waals surface area contributed by atoms with Crippen molar-refractivity contribution in [3.05, 3.63) is 26.6 Å². The summed E-state index contributed by atoms with van der Waals surface area (Å²) < 4.78 is 13.9. The number of hydrogen-bond donors (Lipinski definition) is 0. The molecule has 1 aromatic carbocycles. The molecular formula is C16H18Br2O3. The van der Waals surface area contributed by atoms with Crippen LogP contribution in [0.1, 0.15) is 48.9 Å². The van der Waals surface area contributed by atoms with E-state index in [4.69, 9.17) is 9.47 Å². The van der Waals surface area contributed by atoms with Gasteiger partial charge in [0.15, 0.2) is 0 Å². The fourth-order valence-corrected chi connectivity index (χ4v) is 4.79. The predicted octanol–water partition coefficient (Wildman–Crippen LogP) is 4.89. The lowest BCUT2D eigenvalue weighted by molar-refractivity contribution is -0.108. The Morgan fingerprint density at radius 3 is 2.52 bits per heavy atom. The zero-order chi connectivity index (χ0) is 14.9. The first kappa shape index (κ1) is 15.5. The molecule has 0 amide bonds. The van der Waals surface area contributed by atoms with Crippen molar-refractivity contribution >= 4 is 38.1 Å². The van der Waals surface area contributed by atoms with Gasteiger partial charge in [-0.25, -0.2) is 0 Å². The van der Waals surface area contributed by atoms with Gasteiger partial charge in [-0.1, -0.05) is 12.8 Å². The van der Waals surface area contributed by atoms with Gasteiger partial charge in [-0.2, -0.15) is 0 Å². The van der Waals surface area contributed by atoms with Crippen LogP contribution in [0.5, 0.6) is 5.75 Å². The van der Waals surface area contributed by atoms with Gasteiger partial charge >= 0.3 is 0 Å². The highest BCUT2D eigenvalue weighted by Gasteiger charge is 2.40. The van der Waals surface area contributed by atoms with E-state index in [1.165, 1.54) is 12.8 Å². The number of carbonyl (C=O) groups excluding carboxylic acids is 1. The fraction of sp³-hybridized carbons (Fsp3) is 0.562. The van der Waals surface area contributed by atoms with Crippen molar-refractivity contribution in [2.45, 2.75) is 50.2 Å². The van der Waals surface area contributed by atoms with Crippen molar-refractivity contribution in [3.63, 3.8) is 0 Å². The Balaban J connectivity index is 1.75. The second-order valence-corrected chi connectivity index (χ2v) is 7.61. The lowest BCUT2D eigenvalue weighted by Crippen LogP contribution is -2.41. The normalized spacial score (nSPS) is 24.2. The van der Waals surface area contributed by atoms with Crippen LogP contribution in [0, 0.1) is 0 Å². The molecule has 2 fully saturated rings. The topological polar surface area (TPSA) is 35.5 Å². The van der Waals surface area contributed by atoms with Crippen LogP contribution in [0.25, 0.3) is 0 Å². The average molecular weight is 418 g/mol. The second-order valence-electron chi connectivity index (χ2n) is 5.90. The first-order valence-corrected chi connectivity index (χ1v) is 8.95. The molecule has 1 saturated carbocycles. The molecule has 1 spiro atoms. The van der Waals surface area contributed by atoms with E-state index in [1.54, 1.807) is 12.1 Å². The minimum atomic E-state index is 0.0462. The Morgan fingerprint density at radius 2 is 1.90 bits per heavy atom. The number of hydrogen-bond acceptors (Lipinski definition) is 3. The third-order valence-electron chi connectivity index (χ3n) is 4.40. The summed E-state index contributed by atoms with van der Waals surface area (Å²) in [5.41, 5.74) is 0.672. The lowest BCUT2D eigenvalue weighted by atomic mass is 9.90. The highest BCUT2D eigenvalue weighted by Crippen LogP contribution is 2.42. The van der Waals surface area contributed by atoms with Crippen LogP contribution < -0.4 is 4.74 Å². The van der Waals surface area contributed by atoms with E-state index >= 15 is 0 Å². The maximum Gasteiger partial charge on any atom is 0.150 e. The third kappa shape index (κ3) is 3.35. The highest BCUT2D eigenvalue weighted by molar-refractivity contribution is 9.11. The quantitative estimate of drug-likeness (QED) is 0.656. The summed E-state index contributed by atoms with van der Waals surface area (Å²) in [6.07, 6.45) is 7.70. The molecule has 0 radical (unpaired) electrons. The molecule has 3 rings (SSSR count). The molecule has 21 heavy (non-hydrogen) atoms. The maximum absolute atomic E-state index is 10.9. The Labute approximate surface area is 141 Å². The van der Waals surface area contributed by atoms with E-state index < -0.39 is 0 Å². The van der Waals surface area contributed by atoms with Gasteiger partial charge in [-0.15, -0.1) is 0 Å². The summed E-state index contributed by atoms with van der Waals surface area (Å²) in [5.74, 6) is 0.778. The van der Waals surface area contributed by atoms with Crippen LogP contribution in [-0.4, -0.2) is 24.6 Å². The Morgan fingerprint density at radius 1 is 1.24 bits per heavy atom. The molecule has 1 aromatic rings. The zero-order valence-corrected chi connectivity index (χ0v) is 14.9. The monoisotopic (exact) mass is 416 g/mol. The number of rotatable bonds is 3. The van der Waals surface area contributed by atoms with Crippen molar-refractivity contribution in [1.82, 2.24) is 0 Å². The standard InChI is InChI=1S/C16H18Br2O3/c17-13-7-11(10-19)8-14(18)15(13)21-12-3-6-20-16(9-12)4-1-2-5-16/h7-8,10,12H,1-6,9H2. The van der Waals surface area contributed by atoms with Gasteiger partial charge in [0, 0.05) is 18.4 Å². The van der Waals surface area contributed by atoms with Gasteiger partial charge in [-0.3, -0.25) is 4.79 Å². The molecule has 2 aliphatic rings. The molecule has 1 saturated heterocycles. The summed E-state index contributed by atoms with van der Waals surface area (Å²) >= 11 is 6.99. The van der Waals surface area contributed by atoms with Crippen molar-refractivity contribution in [1.29, 1.82) is 0 Å². The van der Waals surface area contributed by atoms with Crippen molar-refractivity contribution < 1.29 is 14.3 Å². The molecule has 0 aromatic heterocycles. The third-order valence-corrected chi connectivity index (χ3v) is 5.58. The van der Waals surface area contributed by atoms with E-state index in [9.17, 15) is 4.79 Å². The lowest BCUT2D eigenvalue weighted by Gasteiger charge is -2.38.